The summed E-state index contributed by atoms with van der Waals surface area (Å²) in [5.74, 6) is -0.673. The fraction of sp³-hybridized carbons (Fsp3) is 0.533. The molecule has 1 unspecified atom stereocenters. The number of hydrogen-bond acceptors (Lipinski definition) is 2. The molecule has 0 radical (unpaired) electrons. The molecule has 0 heterocycles. The van der Waals surface area contributed by atoms with E-state index in [9.17, 15) is 9.90 Å². The Morgan fingerprint density at radius 2 is 2.11 bits per heavy atom. The average Bonchev–Trinajstić information content (AvgIpc) is 2.87. The third kappa shape index (κ3) is 3.41. The molecule has 1 aliphatic carbocycles. The van der Waals surface area contributed by atoms with Crippen LogP contribution in [0.1, 0.15) is 50.0 Å². The molecule has 1 fully saturated rings. The minimum absolute atomic E-state index is 0.406. The number of anilines is 1. The highest BCUT2D eigenvalue weighted by molar-refractivity contribution is 6.33. The highest BCUT2D eigenvalue weighted by Gasteiger charge is 2.25. The molecule has 1 aromatic rings. The second kappa shape index (κ2) is 6.29. The Morgan fingerprint density at radius 3 is 2.74 bits per heavy atom. The summed E-state index contributed by atoms with van der Waals surface area (Å²) in [7, 11) is 0. The van der Waals surface area contributed by atoms with Gasteiger partial charge in [-0.2, -0.15) is 0 Å². The third-order valence-electron chi connectivity index (χ3n) is 4.10. The Hall–Kier alpha value is -1.22. The van der Waals surface area contributed by atoms with Gasteiger partial charge in [0.05, 0.1) is 16.6 Å². The molecule has 4 heteroatoms. The molecule has 2 rings (SSSR count). The molecule has 1 aromatic carbocycles. The molecule has 0 aromatic heterocycles. The van der Waals surface area contributed by atoms with Crippen LogP contribution in [0.2, 0.25) is 5.02 Å². The number of nitrogens with two attached hydrogens (primary N) is 1. The fourth-order valence-corrected chi connectivity index (χ4v) is 3.15. The van der Waals surface area contributed by atoms with E-state index in [2.05, 4.69) is 0 Å². The molecular weight excluding hydrogens is 262 g/mol. The van der Waals surface area contributed by atoms with Crippen molar-refractivity contribution in [3.63, 3.8) is 0 Å². The maximum absolute atomic E-state index is 11.5. The monoisotopic (exact) mass is 281 g/mol. The second-order valence-corrected chi connectivity index (χ2v) is 5.77. The van der Waals surface area contributed by atoms with Crippen LogP contribution in [-0.2, 0) is 4.79 Å². The Balaban J connectivity index is 2.10. The number of rotatable bonds is 5. The smallest absolute Gasteiger partial charge is 0.311 e. The SMILES string of the molecule is Nc1c(Cl)cccc1C(CCC1CCCC1)C(=O)O. The average molecular weight is 282 g/mol. The van der Waals surface area contributed by atoms with E-state index in [4.69, 9.17) is 17.3 Å². The van der Waals surface area contributed by atoms with Gasteiger partial charge in [0, 0.05) is 0 Å². The Morgan fingerprint density at radius 1 is 1.42 bits per heavy atom. The summed E-state index contributed by atoms with van der Waals surface area (Å²) in [6.07, 6.45) is 6.63. The van der Waals surface area contributed by atoms with Crippen molar-refractivity contribution in [1.82, 2.24) is 0 Å². The molecule has 104 valence electrons. The molecular formula is C15H20ClNO2. The molecule has 1 atom stereocenters. The molecule has 0 aliphatic heterocycles. The lowest BCUT2D eigenvalue weighted by Crippen LogP contribution is -2.15. The molecule has 1 aliphatic rings. The van der Waals surface area contributed by atoms with Gasteiger partial charge in [-0.25, -0.2) is 0 Å². The highest BCUT2D eigenvalue weighted by Crippen LogP contribution is 2.35. The van der Waals surface area contributed by atoms with Gasteiger partial charge in [-0.3, -0.25) is 4.79 Å². The predicted molar refractivity (Wildman–Crippen MR) is 77.4 cm³/mol. The minimum Gasteiger partial charge on any atom is -0.481 e. The maximum Gasteiger partial charge on any atom is 0.311 e. The van der Waals surface area contributed by atoms with Crippen LogP contribution in [0.4, 0.5) is 5.69 Å². The van der Waals surface area contributed by atoms with Gasteiger partial charge in [-0.1, -0.05) is 49.4 Å². The van der Waals surface area contributed by atoms with Crippen molar-refractivity contribution in [3.05, 3.63) is 28.8 Å². The Bertz CT molecular complexity index is 455. The summed E-state index contributed by atoms with van der Waals surface area (Å²) < 4.78 is 0. The number of halogens is 1. The number of carboxylic acids is 1. The molecule has 0 saturated heterocycles. The number of nitrogen functional groups attached to an aromatic ring is 1. The predicted octanol–water partition coefficient (Wildman–Crippen LogP) is 4.06. The summed E-state index contributed by atoms with van der Waals surface area (Å²) in [6, 6.07) is 5.23. The number of carboxylic acid groups (broad SMARTS) is 1. The molecule has 1 saturated carbocycles. The number of para-hydroxylation sites is 1. The van der Waals surface area contributed by atoms with E-state index in [-0.39, 0.29) is 0 Å². The summed E-state index contributed by atoms with van der Waals surface area (Å²) in [4.78, 5) is 11.5. The first-order valence-electron chi connectivity index (χ1n) is 6.86. The lowest BCUT2D eigenvalue weighted by Gasteiger charge is -2.17. The number of benzene rings is 1. The van der Waals surface area contributed by atoms with E-state index in [0.29, 0.717) is 28.6 Å². The van der Waals surface area contributed by atoms with Crippen LogP contribution in [0.3, 0.4) is 0 Å². The van der Waals surface area contributed by atoms with Crippen LogP contribution in [0, 0.1) is 5.92 Å². The van der Waals surface area contributed by atoms with Gasteiger partial charge >= 0.3 is 5.97 Å². The van der Waals surface area contributed by atoms with Gasteiger partial charge in [0.1, 0.15) is 0 Å². The van der Waals surface area contributed by atoms with Gasteiger partial charge < -0.3 is 10.8 Å². The van der Waals surface area contributed by atoms with Crippen LogP contribution >= 0.6 is 11.6 Å². The second-order valence-electron chi connectivity index (χ2n) is 5.36. The van der Waals surface area contributed by atoms with E-state index in [1.807, 2.05) is 0 Å². The van der Waals surface area contributed by atoms with Crippen molar-refractivity contribution in [2.24, 2.45) is 5.92 Å². The first-order chi connectivity index (χ1) is 9.09. The van der Waals surface area contributed by atoms with E-state index in [0.717, 1.165) is 6.42 Å². The number of carbonyl (C=O) groups is 1. The van der Waals surface area contributed by atoms with Crippen molar-refractivity contribution in [3.8, 4) is 0 Å². The van der Waals surface area contributed by atoms with Gasteiger partial charge in [0.15, 0.2) is 0 Å². The number of hydrogen-bond donors (Lipinski definition) is 2. The summed E-state index contributed by atoms with van der Waals surface area (Å²) in [6.45, 7) is 0. The highest BCUT2D eigenvalue weighted by atomic mass is 35.5. The standard InChI is InChI=1S/C15H20ClNO2/c16-13-7-3-6-11(14(13)17)12(15(18)19)9-8-10-4-1-2-5-10/h3,6-7,10,12H,1-2,4-5,8-9,17H2,(H,18,19). The zero-order chi connectivity index (χ0) is 13.8. The first kappa shape index (κ1) is 14.2. The lowest BCUT2D eigenvalue weighted by atomic mass is 9.89. The van der Waals surface area contributed by atoms with Crippen LogP contribution in [0.25, 0.3) is 0 Å². The van der Waals surface area contributed by atoms with Crippen LogP contribution in [0.15, 0.2) is 18.2 Å². The zero-order valence-electron chi connectivity index (χ0n) is 10.9. The molecule has 0 amide bonds. The van der Waals surface area contributed by atoms with E-state index < -0.39 is 11.9 Å². The van der Waals surface area contributed by atoms with Crippen molar-refractivity contribution < 1.29 is 9.90 Å². The van der Waals surface area contributed by atoms with Gasteiger partial charge in [0.25, 0.3) is 0 Å². The molecule has 3 nitrogen and oxygen atoms in total. The van der Waals surface area contributed by atoms with Crippen LogP contribution in [0.5, 0.6) is 0 Å². The van der Waals surface area contributed by atoms with E-state index in [1.165, 1.54) is 25.7 Å². The summed E-state index contributed by atoms with van der Waals surface area (Å²) >= 11 is 5.97. The van der Waals surface area contributed by atoms with E-state index in [1.54, 1.807) is 18.2 Å². The Labute approximate surface area is 118 Å². The topological polar surface area (TPSA) is 63.3 Å². The van der Waals surface area contributed by atoms with Crippen molar-refractivity contribution >= 4 is 23.3 Å². The summed E-state index contributed by atoms with van der Waals surface area (Å²) in [5, 5.41) is 9.85. The van der Waals surface area contributed by atoms with Gasteiger partial charge in [0.2, 0.25) is 0 Å². The zero-order valence-corrected chi connectivity index (χ0v) is 11.7. The van der Waals surface area contributed by atoms with E-state index >= 15 is 0 Å². The summed E-state index contributed by atoms with van der Waals surface area (Å²) in [5.41, 5.74) is 6.97. The van der Waals surface area contributed by atoms with Crippen LogP contribution in [-0.4, -0.2) is 11.1 Å². The largest absolute Gasteiger partial charge is 0.481 e. The van der Waals surface area contributed by atoms with Gasteiger partial charge in [-0.15, -0.1) is 0 Å². The molecule has 0 bridgehead atoms. The Kier molecular flexibility index (Phi) is 4.70. The van der Waals surface area contributed by atoms with Crippen molar-refractivity contribution in [1.29, 1.82) is 0 Å². The third-order valence-corrected chi connectivity index (χ3v) is 4.43. The quantitative estimate of drug-likeness (QED) is 0.800. The normalized spacial score (nSPS) is 17.5. The lowest BCUT2D eigenvalue weighted by molar-refractivity contribution is -0.139. The molecule has 0 spiro atoms. The number of aliphatic carboxylic acids is 1. The molecule has 19 heavy (non-hydrogen) atoms. The van der Waals surface area contributed by atoms with Crippen molar-refractivity contribution in [2.75, 3.05) is 5.73 Å². The van der Waals surface area contributed by atoms with Crippen molar-refractivity contribution in [2.45, 2.75) is 44.4 Å². The maximum atomic E-state index is 11.5. The molecule has 3 N–H and O–H groups in total. The first-order valence-corrected chi connectivity index (χ1v) is 7.24. The fourth-order valence-electron chi connectivity index (χ4n) is 2.97. The van der Waals surface area contributed by atoms with Gasteiger partial charge in [-0.05, 0) is 30.4 Å². The van der Waals surface area contributed by atoms with Crippen LogP contribution < -0.4 is 5.73 Å². The minimum atomic E-state index is -0.813.